The van der Waals surface area contributed by atoms with Gasteiger partial charge in [0.25, 0.3) is 0 Å². The molecule has 0 aromatic rings. The van der Waals surface area contributed by atoms with Gasteiger partial charge < -0.3 is 10.4 Å². The van der Waals surface area contributed by atoms with Crippen LogP contribution in [0.5, 0.6) is 0 Å². The molecule has 0 heterocycles. The van der Waals surface area contributed by atoms with Gasteiger partial charge in [-0.3, -0.25) is 0 Å². The van der Waals surface area contributed by atoms with Crippen molar-refractivity contribution in [3.05, 3.63) is 0 Å². The fourth-order valence-electron chi connectivity index (χ4n) is 1.93. The molecule has 13 heavy (non-hydrogen) atoms. The molecule has 1 aliphatic rings. The first-order chi connectivity index (χ1) is 6.04. The molecule has 1 fully saturated rings. The van der Waals surface area contributed by atoms with Crippen LogP contribution in [-0.2, 0) is 0 Å². The quantitative estimate of drug-likeness (QED) is 0.712. The van der Waals surface area contributed by atoms with Gasteiger partial charge in [0.15, 0.2) is 0 Å². The van der Waals surface area contributed by atoms with Gasteiger partial charge in [-0.05, 0) is 26.3 Å². The van der Waals surface area contributed by atoms with Crippen molar-refractivity contribution in [1.29, 1.82) is 0 Å². The molecule has 0 amide bonds. The zero-order valence-corrected chi connectivity index (χ0v) is 7.95. The summed E-state index contributed by atoms with van der Waals surface area (Å²) in [5.74, 6) is -2.49. The van der Waals surface area contributed by atoms with Gasteiger partial charge in [0.2, 0.25) is 5.92 Å². The number of rotatable bonds is 3. The molecule has 1 rings (SSSR count). The van der Waals surface area contributed by atoms with E-state index in [-0.39, 0.29) is 25.0 Å². The summed E-state index contributed by atoms with van der Waals surface area (Å²) in [5.41, 5.74) is -0.254. The minimum atomic E-state index is -2.49. The summed E-state index contributed by atoms with van der Waals surface area (Å²) in [6.45, 7) is 0.0619. The lowest BCUT2D eigenvalue weighted by Crippen LogP contribution is -2.48. The van der Waals surface area contributed by atoms with Crippen LogP contribution in [0.1, 0.15) is 32.1 Å². The summed E-state index contributed by atoms with van der Waals surface area (Å²) in [7, 11) is 1.78. The third kappa shape index (κ3) is 2.61. The molecule has 4 heteroatoms. The van der Waals surface area contributed by atoms with Gasteiger partial charge in [0.1, 0.15) is 0 Å². The topological polar surface area (TPSA) is 32.3 Å². The van der Waals surface area contributed by atoms with Crippen molar-refractivity contribution >= 4 is 0 Å². The molecule has 2 N–H and O–H groups in total. The highest BCUT2D eigenvalue weighted by Crippen LogP contribution is 2.39. The Hall–Kier alpha value is -0.220. The number of nitrogens with one attached hydrogen (secondary N) is 1. The smallest absolute Gasteiger partial charge is 0.248 e. The van der Waals surface area contributed by atoms with Crippen LogP contribution in [0.25, 0.3) is 0 Å². The second-order valence-corrected chi connectivity index (χ2v) is 3.86. The molecule has 1 aliphatic carbocycles. The predicted molar refractivity (Wildman–Crippen MR) is 46.9 cm³/mol. The minimum absolute atomic E-state index is 0.0617. The molecule has 0 aliphatic heterocycles. The summed E-state index contributed by atoms with van der Waals surface area (Å²) in [6, 6.07) is 0. The van der Waals surface area contributed by atoms with E-state index in [9.17, 15) is 8.78 Å². The molecule has 2 nitrogen and oxygen atoms in total. The van der Waals surface area contributed by atoms with Crippen molar-refractivity contribution in [2.24, 2.45) is 0 Å². The summed E-state index contributed by atoms with van der Waals surface area (Å²) >= 11 is 0. The van der Waals surface area contributed by atoms with E-state index in [2.05, 4.69) is 5.32 Å². The van der Waals surface area contributed by atoms with Crippen LogP contribution < -0.4 is 5.32 Å². The van der Waals surface area contributed by atoms with Crippen molar-refractivity contribution < 1.29 is 13.9 Å². The van der Waals surface area contributed by atoms with E-state index in [4.69, 9.17) is 5.11 Å². The molecule has 1 saturated carbocycles. The Kier molecular flexibility index (Phi) is 3.24. The maximum Gasteiger partial charge on any atom is 0.248 e. The van der Waals surface area contributed by atoms with Crippen molar-refractivity contribution in [2.75, 3.05) is 13.7 Å². The number of hydrogen-bond acceptors (Lipinski definition) is 2. The van der Waals surface area contributed by atoms with E-state index in [0.717, 1.165) is 0 Å². The number of halogens is 2. The van der Waals surface area contributed by atoms with Crippen LogP contribution >= 0.6 is 0 Å². The van der Waals surface area contributed by atoms with Crippen molar-refractivity contribution in [3.63, 3.8) is 0 Å². The number of aliphatic hydroxyl groups is 1. The molecule has 0 aromatic heterocycles. The second-order valence-electron chi connectivity index (χ2n) is 3.86. The van der Waals surface area contributed by atoms with Crippen LogP contribution in [0.15, 0.2) is 0 Å². The molecular weight excluding hydrogens is 176 g/mol. The van der Waals surface area contributed by atoms with E-state index >= 15 is 0 Å². The summed E-state index contributed by atoms with van der Waals surface area (Å²) < 4.78 is 25.7. The van der Waals surface area contributed by atoms with Gasteiger partial charge in [0, 0.05) is 25.0 Å². The number of alkyl halides is 2. The van der Waals surface area contributed by atoms with Gasteiger partial charge in [-0.2, -0.15) is 0 Å². The van der Waals surface area contributed by atoms with Crippen molar-refractivity contribution in [2.45, 2.75) is 43.6 Å². The van der Waals surface area contributed by atoms with Crippen LogP contribution in [0, 0.1) is 0 Å². The average Bonchev–Trinajstić information content (AvgIpc) is 2.10. The predicted octanol–water partition coefficient (Wildman–Crippen LogP) is 1.54. The zero-order valence-electron chi connectivity index (χ0n) is 7.95. The standard InChI is InChI=1S/C9H17F2NO/c1-12-8(6-7-13)2-4-9(10,11)5-3-8/h12-13H,2-7H2,1H3. The van der Waals surface area contributed by atoms with E-state index in [1.165, 1.54) is 0 Å². The highest BCUT2D eigenvalue weighted by Gasteiger charge is 2.41. The fraction of sp³-hybridized carbons (Fsp3) is 1.00. The van der Waals surface area contributed by atoms with E-state index < -0.39 is 5.92 Å². The lowest BCUT2D eigenvalue weighted by molar-refractivity contribution is -0.0579. The number of hydrogen-bond donors (Lipinski definition) is 2. The van der Waals surface area contributed by atoms with Gasteiger partial charge >= 0.3 is 0 Å². The van der Waals surface area contributed by atoms with Gasteiger partial charge in [-0.1, -0.05) is 0 Å². The molecule has 0 bridgehead atoms. The van der Waals surface area contributed by atoms with Crippen molar-refractivity contribution in [1.82, 2.24) is 5.32 Å². The maximum absolute atomic E-state index is 12.8. The normalized spacial score (nSPS) is 25.8. The first kappa shape index (κ1) is 10.9. The van der Waals surface area contributed by atoms with E-state index in [0.29, 0.717) is 19.3 Å². The summed E-state index contributed by atoms with van der Waals surface area (Å²) in [6.07, 6.45) is 1.36. The van der Waals surface area contributed by atoms with Gasteiger partial charge in [-0.25, -0.2) is 8.78 Å². The van der Waals surface area contributed by atoms with Crippen LogP contribution in [0.2, 0.25) is 0 Å². The molecular formula is C9H17F2NO. The Morgan fingerprint density at radius 3 is 2.15 bits per heavy atom. The van der Waals surface area contributed by atoms with Crippen LogP contribution in [-0.4, -0.2) is 30.2 Å². The molecule has 0 aromatic carbocycles. The van der Waals surface area contributed by atoms with Crippen molar-refractivity contribution in [3.8, 4) is 0 Å². The monoisotopic (exact) mass is 193 g/mol. The fourth-order valence-corrected chi connectivity index (χ4v) is 1.93. The Bertz CT molecular complexity index is 163. The molecule has 0 unspecified atom stereocenters. The number of aliphatic hydroxyl groups excluding tert-OH is 1. The molecule has 0 atom stereocenters. The molecule has 0 saturated heterocycles. The lowest BCUT2D eigenvalue weighted by atomic mass is 9.78. The van der Waals surface area contributed by atoms with Gasteiger partial charge in [-0.15, -0.1) is 0 Å². The van der Waals surface area contributed by atoms with Crippen LogP contribution in [0.3, 0.4) is 0 Å². The SMILES string of the molecule is CNC1(CCO)CCC(F)(F)CC1. The van der Waals surface area contributed by atoms with Crippen LogP contribution in [0.4, 0.5) is 8.78 Å². The second kappa shape index (κ2) is 3.88. The third-order valence-corrected chi connectivity index (χ3v) is 3.06. The highest BCUT2D eigenvalue weighted by molar-refractivity contribution is 4.94. The third-order valence-electron chi connectivity index (χ3n) is 3.06. The molecule has 78 valence electrons. The summed E-state index contributed by atoms with van der Waals surface area (Å²) in [5, 5.41) is 11.9. The average molecular weight is 193 g/mol. The largest absolute Gasteiger partial charge is 0.396 e. The van der Waals surface area contributed by atoms with E-state index in [1.54, 1.807) is 7.05 Å². The zero-order chi connectivity index (χ0) is 9.95. The summed E-state index contributed by atoms with van der Waals surface area (Å²) in [4.78, 5) is 0. The highest BCUT2D eigenvalue weighted by atomic mass is 19.3. The Labute approximate surface area is 77.3 Å². The maximum atomic E-state index is 12.8. The first-order valence-corrected chi connectivity index (χ1v) is 4.71. The first-order valence-electron chi connectivity index (χ1n) is 4.71. The van der Waals surface area contributed by atoms with E-state index in [1.807, 2.05) is 0 Å². The lowest BCUT2D eigenvalue weighted by Gasteiger charge is -2.39. The minimum Gasteiger partial charge on any atom is -0.396 e. The Balaban J connectivity index is 2.52. The Morgan fingerprint density at radius 1 is 1.23 bits per heavy atom. The molecule has 0 radical (unpaired) electrons. The Morgan fingerprint density at radius 2 is 1.77 bits per heavy atom. The molecule has 0 spiro atoms. The van der Waals surface area contributed by atoms with Gasteiger partial charge in [0.05, 0.1) is 0 Å².